The summed E-state index contributed by atoms with van der Waals surface area (Å²) in [5.41, 5.74) is 4.37. The molecule has 6 heteroatoms. The largest absolute Gasteiger partial charge is 0.372 e. The van der Waals surface area contributed by atoms with Crippen LogP contribution in [0.15, 0.2) is 35.8 Å². The van der Waals surface area contributed by atoms with Crippen molar-refractivity contribution in [2.24, 2.45) is 0 Å². The van der Waals surface area contributed by atoms with E-state index in [0.29, 0.717) is 19.5 Å². The molecule has 2 atom stereocenters. The van der Waals surface area contributed by atoms with Gasteiger partial charge in [-0.3, -0.25) is 9.20 Å². The second-order valence-corrected chi connectivity index (χ2v) is 8.13. The molecule has 1 aromatic carbocycles. The van der Waals surface area contributed by atoms with Crippen molar-refractivity contribution < 1.29 is 9.53 Å². The number of ether oxygens (including phenoxy) is 1. The maximum absolute atomic E-state index is 12.8. The van der Waals surface area contributed by atoms with Gasteiger partial charge in [0.05, 0.1) is 24.3 Å². The third kappa shape index (κ3) is 3.77. The van der Waals surface area contributed by atoms with E-state index in [4.69, 9.17) is 9.72 Å². The molecule has 1 amide bonds. The molecule has 142 valence electrons. The van der Waals surface area contributed by atoms with Crippen LogP contribution in [0.1, 0.15) is 32.0 Å². The summed E-state index contributed by atoms with van der Waals surface area (Å²) in [6.45, 7) is 7.51. The van der Waals surface area contributed by atoms with E-state index in [1.807, 2.05) is 30.3 Å². The van der Waals surface area contributed by atoms with E-state index in [1.54, 1.807) is 11.3 Å². The summed E-state index contributed by atoms with van der Waals surface area (Å²) in [5.74, 6) is 0.152. The van der Waals surface area contributed by atoms with Crippen LogP contribution >= 0.6 is 11.3 Å². The molecule has 0 spiro atoms. The summed E-state index contributed by atoms with van der Waals surface area (Å²) < 4.78 is 7.79. The molecule has 5 nitrogen and oxygen atoms in total. The molecule has 2 unspecified atom stereocenters. The topological polar surface area (TPSA) is 46.8 Å². The molecule has 4 rings (SSSR count). The first-order chi connectivity index (χ1) is 13.0. The second-order valence-electron chi connectivity index (χ2n) is 7.29. The molecule has 3 aromatic rings. The number of carbonyl (C=O) groups excluding carboxylic acids is 1. The Morgan fingerprint density at radius 1 is 1.22 bits per heavy atom. The van der Waals surface area contributed by atoms with Crippen LogP contribution in [-0.2, 0) is 22.4 Å². The van der Waals surface area contributed by atoms with Crippen LogP contribution in [0, 0.1) is 0 Å². The predicted octanol–water partition coefficient (Wildman–Crippen LogP) is 3.80. The van der Waals surface area contributed by atoms with E-state index in [9.17, 15) is 4.79 Å². The Labute approximate surface area is 163 Å². The summed E-state index contributed by atoms with van der Waals surface area (Å²) in [5, 5.41) is 2.04. The molecule has 0 N–H and O–H groups in total. The van der Waals surface area contributed by atoms with Crippen molar-refractivity contribution in [2.45, 2.75) is 45.8 Å². The first-order valence-corrected chi connectivity index (χ1v) is 10.4. The van der Waals surface area contributed by atoms with E-state index < -0.39 is 0 Å². The fraction of sp³-hybridized carbons (Fsp3) is 0.429. The lowest BCUT2D eigenvalue weighted by atomic mass is 10.1. The summed E-state index contributed by atoms with van der Waals surface area (Å²) in [7, 11) is 0. The van der Waals surface area contributed by atoms with Crippen LogP contribution in [0.4, 0.5) is 0 Å². The van der Waals surface area contributed by atoms with Gasteiger partial charge in [-0.15, -0.1) is 11.3 Å². The maximum Gasteiger partial charge on any atom is 0.228 e. The van der Waals surface area contributed by atoms with Crippen molar-refractivity contribution in [3.05, 3.63) is 47.1 Å². The van der Waals surface area contributed by atoms with Crippen molar-refractivity contribution in [2.75, 3.05) is 13.1 Å². The Morgan fingerprint density at radius 3 is 2.59 bits per heavy atom. The van der Waals surface area contributed by atoms with E-state index in [1.165, 1.54) is 5.56 Å². The zero-order valence-corrected chi connectivity index (χ0v) is 16.8. The lowest BCUT2D eigenvalue weighted by Crippen LogP contribution is -2.48. The van der Waals surface area contributed by atoms with Crippen LogP contribution < -0.4 is 0 Å². The Balaban J connectivity index is 1.54. The van der Waals surface area contributed by atoms with Crippen LogP contribution in [-0.4, -0.2) is 45.5 Å². The number of rotatable bonds is 4. The summed E-state index contributed by atoms with van der Waals surface area (Å²) >= 11 is 1.58. The van der Waals surface area contributed by atoms with Crippen LogP contribution in [0.25, 0.3) is 16.2 Å². The number of amides is 1. The van der Waals surface area contributed by atoms with Gasteiger partial charge in [0.25, 0.3) is 0 Å². The molecule has 0 saturated carbocycles. The monoisotopic (exact) mass is 383 g/mol. The van der Waals surface area contributed by atoms with Gasteiger partial charge in [0.2, 0.25) is 5.91 Å². The molecule has 0 bridgehead atoms. The van der Waals surface area contributed by atoms with Crippen molar-refractivity contribution in [1.82, 2.24) is 14.3 Å². The third-order valence-corrected chi connectivity index (χ3v) is 5.93. The van der Waals surface area contributed by atoms with Gasteiger partial charge in [-0.1, -0.05) is 31.2 Å². The first-order valence-electron chi connectivity index (χ1n) is 9.51. The van der Waals surface area contributed by atoms with Crippen molar-refractivity contribution >= 4 is 22.2 Å². The van der Waals surface area contributed by atoms with Gasteiger partial charge < -0.3 is 9.64 Å². The van der Waals surface area contributed by atoms with Crippen LogP contribution in [0.2, 0.25) is 0 Å². The van der Waals surface area contributed by atoms with Gasteiger partial charge >= 0.3 is 0 Å². The SMILES string of the molecule is CCc1ccc(-c2cn3c(CC(=O)N4CC(C)OC(C)C4)csc3n2)cc1. The van der Waals surface area contributed by atoms with Gasteiger partial charge in [0.1, 0.15) is 0 Å². The Bertz CT molecular complexity index is 934. The first kappa shape index (κ1) is 18.2. The number of aryl methyl sites for hydroxylation is 1. The van der Waals surface area contributed by atoms with E-state index in [0.717, 1.165) is 28.3 Å². The van der Waals surface area contributed by atoms with Crippen LogP contribution in [0.3, 0.4) is 0 Å². The second kappa shape index (κ2) is 7.44. The minimum absolute atomic E-state index is 0.0890. The van der Waals surface area contributed by atoms with Gasteiger partial charge in [-0.25, -0.2) is 4.98 Å². The highest BCUT2D eigenvalue weighted by Gasteiger charge is 2.26. The average molecular weight is 384 g/mol. The molecule has 2 aromatic heterocycles. The number of thiazole rings is 1. The van der Waals surface area contributed by atoms with Crippen molar-refractivity contribution in [3.63, 3.8) is 0 Å². The Hall–Kier alpha value is -2.18. The van der Waals surface area contributed by atoms with Gasteiger partial charge in [0.15, 0.2) is 4.96 Å². The molecular weight excluding hydrogens is 358 g/mol. The Morgan fingerprint density at radius 2 is 1.93 bits per heavy atom. The highest BCUT2D eigenvalue weighted by atomic mass is 32.1. The molecule has 0 aliphatic carbocycles. The number of hydrogen-bond donors (Lipinski definition) is 0. The lowest BCUT2D eigenvalue weighted by Gasteiger charge is -2.35. The fourth-order valence-corrected chi connectivity index (χ4v) is 4.53. The Kier molecular flexibility index (Phi) is 5.02. The number of hydrogen-bond acceptors (Lipinski definition) is 4. The summed E-state index contributed by atoms with van der Waals surface area (Å²) in [6, 6.07) is 8.53. The van der Waals surface area contributed by atoms with E-state index in [-0.39, 0.29) is 18.1 Å². The third-order valence-electron chi connectivity index (χ3n) is 5.05. The molecule has 1 aliphatic rings. The minimum Gasteiger partial charge on any atom is -0.372 e. The minimum atomic E-state index is 0.0890. The van der Waals surface area contributed by atoms with E-state index >= 15 is 0 Å². The average Bonchev–Trinajstić information content (AvgIpc) is 3.23. The predicted molar refractivity (Wildman–Crippen MR) is 108 cm³/mol. The summed E-state index contributed by atoms with van der Waals surface area (Å²) in [4.78, 5) is 20.4. The highest BCUT2D eigenvalue weighted by molar-refractivity contribution is 7.15. The fourth-order valence-electron chi connectivity index (χ4n) is 3.66. The lowest BCUT2D eigenvalue weighted by molar-refractivity contribution is -0.142. The molecule has 1 saturated heterocycles. The van der Waals surface area contributed by atoms with Gasteiger partial charge in [0, 0.05) is 35.9 Å². The zero-order valence-electron chi connectivity index (χ0n) is 16.0. The maximum atomic E-state index is 12.8. The molecule has 27 heavy (non-hydrogen) atoms. The molecule has 3 heterocycles. The molecule has 0 radical (unpaired) electrons. The number of imidazole rings is 1. The molecular formula is C21H25N3O2S. The van der Waals surface area contributed by atoms with Gasteiger partial charge in [-0.2, -0.15) is 0 Å². The normalized spacial score (nSPS) is 20.3. The summed E-state index contributed by atoms with van der Waals surface area (Å²) in [6.07, 6.45) is 3.64. The number of aromatic nitrogens is 2. The number of morpholine rings is 1. The van der Waals surface area contributed by atoms with Crippen molar-refractivity contribution in [3.8, 4) is 11.3 Å². The van der Waals surface area contributed by atoms with E-state index in [2.05, 4.69) is 35.6 Å². The quantitative estimate of drug-likeness (QED) is 0.688. The zero-order chi connectivity index (χ0) is 19.0. The van der Waals surface area contributed by atoms with Crippen molar-refractivity contribution in [1.29, 1.82) is 0 Å². The highest BCUT2D eigenvalue weighted by Crippen LogP contribution is 2.25. The number of nitrogens with zero attached hydrogens (tertiary/aromatic N) is 3. The smallest absolute Gasteiger partial charge is 0.228 e. The molecule has 1 aliphatic heterocycles. The number of benzene rings is 1. The standard InChI is InChI=1S/C21H25N3O2S/c1-4-16-5-7-17(8-6-16)19-12-24-18(13-27-21(24)22-19)9-20(25)23-10-14(2)26-15(3)11-23/h5-8,12-15H,4,9-11H2,1-3H3. The number of carbonyl (C=O) groups is 1. The van der Waals surface area contributed by atoms with Gasteiger partial charge in [-0.05, 0) is 25.8 Å². The molecule has 1 fully saturated rings. The number of fused-ring (bicyclic) bond motifs is 1. The van der Waals surface area contributed by atoms with Crippen LogP contribution in [0.5, 0.6) is 0 Å².